The lowest BCUT2D eigenvalue weighted by Crippen LogP contribution is -2.29. The molecular weight excluding hydrogens is 170 g/mol. The molecule has 0 aliphatic carbocycles. The van der Waals surface area contributed by atoms with Gasteiger partial charge in [-0.25, -0.2) is 13.6 Å². The van der Waals surface area contributed by atoms with Crippen LogP contribution in [0.25, 0.3) is 0 Å². The number of Topliss-reactive ketones (excluding diaryl/α,β-unsaturated/α-hetero) is 1. The third kappa shape index (κ3) is 3.41. The van der Waals surface area contributed by atoms with Crippen molar-refractivity contribution in [1.82, 2.24) is 0 Å². The molecule has 0 saturated heterocycles. The topological polar surface area (TPSA) is 43.4 Å². The Balaban J connectivity index is 3.84. The van der Waals surface area contributed by atoms with Gasteiger partial charge < -0.3 is 4.74 Å². The van der Waals surface area contributed by atoms with Gasteiger partial charge in [0.25, 0.3) is 6.17 Å². The molecule has 0 radical (unpaired) electrons. The summed E-state index contributed by atoms with van der Waals surface area (Å²) in [7, 11) is 0. The number of esters is 1. The van der Waals surface area contributed by atoms with E-state index >= 15 is 0 Å². The van der Waals surface area contributed by atoms with E-state index in [0.717, 1.165) is 0 Å². The van der Waals surface area contributed by atoms with Crippen molar-refractivity contribution in [3.8, 4) is 0 Å². The van der Waals surface area contributed by atoms with Crippen molar-refractivity contribution in [3.05, 3.63) is 0 Å². The Morgan fingerprint density at radius 2 is 2.08 bits per heavy atom. The third-order valence-corrected chi connectivity index (χ3v) is 1.07. The number of hydrogen-bond donors (Lipinski definition) is 0. The predicted molar refractivity (Wildman–Crippen MR) is 37.1 cm³/mol. The molecule has 1 unspecified atom stereocenters. The van der Waals surface area contributed by atoms with E-state index in [1.807, 2.05) is 0 Å². The molecule has 0 spiro atoms. The standard InChI is InChI=1S/C7H10F2O3/c1-2-3-12-7(11)6(9)5(10)4-8/h6H,2-4H2,1H3. The highest BCUT2D eigenvalue weighted by Crippen LogP contribution is 1.98. The minimum atomic E-state index is -2.47. The summed E-state index contributed by atoms with van der Waals surface area (Å²) in [6, 6.07) is 0. The van der Waals surface area contributed by atoms with Gasteiger partial charge in [-0.15, -0.1) is 0 Å². The van der Waals surface area contributed by atoms with Crippen molar-refractivity contribution in [2.45, 2.75) is 19.5 Å². The Kier molecular flexibility index (Phi) is 5.16. The smallest absolute Gasteiger partial charge is 0.348 e. The van der Waals surface area contributed by atoms with E-state index in [4.69, 9.17) is 0 Å². The summed E-state index contributed by atoms with van der Waals surface area (Å²) in [6.45, 7) is 0.276. The van der Waals surface area contributed by atoms with Crippen LogP contribution in [0.3, 0.4) is 0 Å². The molecule has 0 aromatic rings. The summed E-state index contributed by atoms with van der Waals surface area (Å²) in [5.41, 5.74) is 0. The average Bonchev–Trinajstić information content (AvgIpc) is 2.11. The molecule has 0 saturated carbocycles. The summed E-state index contributed by atoms with van der Waals surface area (Å²) < 4.78 is 28.2. The molecule has 1 atom stereocenters. The van der Waals surface area contributed by atoms with Gasteiger partial charge in [-0.05, 0) is 6.42 Å². The lowest BCUT2D eigenvalue weighted by molar-refractivity contribution is -0.153. The fourth-order valence-electron chi connectivity index (χ4n) is 0.475. The minimum absolute atomic E-state index is 0.0405. The van der Waals surface area contributed by atoms with Gasteiger partial charge >= 0.3 is 5.97 Å². The SMILES string of the molecule is CCCOC(=O)C(F)C(=O)CF. The van der Waals surface area contributed by atoms with Crippen LogP contribution >= 0.6 is 0 Å². The van der Waals surface area contributed by atoms with Gasteiger partial charge in [0.1, 0.15) is 0 Å². The second kappa shape index (κ2) is 5.62. The van der Waals surface area contributed by atoms with Crippen molar-refractivity contribution in [3.63, 3.8) is 0 Å². The first kappa shape index (κ1) is 11.0. The summed E-state index contributed by atoms with van der Waals surface area (Å²) in [6.07, 6.45) is -1.94. The van der Waals surface area contributed by atoms with E-state index in [-0.39, 0.29) is 6.61 Å². The van der Waals surface area contributed by atoms with Crippen LogP contribution in [-0.2, 0) is 14.3 Å². The lowest BCUT2D eigenvalue weighted by Gasteiger charge is -2.04. The highest BCUT2D eigenvalue weighted by Gasteiger charge is 2.26. The maximum absolute atomic E-state index is 12.4. The van der Waals surface area contributed by atoms with Crippen LogP contribution in [-0.4, -0.2) is 31.2 Å². The number of carbonyl (C=O) groups is 2. The van der Waals surface area contributed by atoms with Gasteiger partial charge in [-0.1, -0.05) is 6.92 Å². The third-order valence-electron chi connectivity index (χ3n) is 1.07. The Hall–Kier alpha value is -1.00. The van der Waals surface area contributed by atoms with E-state index in [2.05, 4.69) is 4.74 Å². The monoisotopic (exact) mass is 180 g/mol. The zero-order valence-corrected chi connectivity index (χ0v) is 6.68. The van der Waals surface area contributed by atoms with Crippen molar-refractivity contribution in [2.24, 2.45) is 0 Å². The Morgan fingerprint density at radius 3 is 2.50 bits per heavy atom. The van der Waals surface area contributed by atoms with Gasteiger partial charge in [0, 0.05) is 0 Å². The molecule has 5 heteroatoms. The second-order valence-electron chi connectivity index (χ2n) is 2.13. The first-order chi connectivity index (χ1) is 5.63. The highest BCUT2D eigenvalue weighted by atomic mass is 19.1. The van der Waals surface area contributed by atoms with E-state index in [1.54, 1.807) is 6.92 Å². The normalized spacial score (nSPS) is 12.2. The Labute approximate surface area is 68.7 Å². The number of carbonyl (C=O) groups excluding carboxylic acids is 2. The van der Waals surface area contributed by atoms with Crippen LogP contribution in [0, 0.1) is 0 Å². The maximum atomic E-state index is 12.4. The Bertz CT molecular complexity index is 170. The second-order valence-corrected chi connectivity index (χ2v) is 2.13. The lowest BCUT2D eigenvalue weighted by atomic mass is 10.3. The van der Waals surface area contributed by atoms with Crippen LogP contribution in [0.4, 0.5) is 8.78 Å². The van der Waals surface area contributed by atoms with Crippen molar-refractivity contribution < 1.29 is 23.1 Å². The maximum Gasteiger partial charge on any atom is 0.348 e. The van der Waals surface area contributed by atoms with Gasteiger partial charge in [-0.2, -0.15) is 0 Å². The molecule has 0 heterocycles. The minimum Gasteiger partial charge on any atom is -0.463 e. The van der Waals surface area contributed by atoms with E-state index in [1.165, 1.54) is 0 Å². The van der Waals surface area contributed by atoms with Crippen LogP contribution in [0.1, 0.15) is 13.3 Å². The summed E-state index contributed by atoms with van der Waals surface area (Å²) in [4.78, 5) is 20.8. The molecule has 3 nitrogen and oxygen atoms in total. The van der Waals surface area contributed by atoms with Crippen LogP contribution < -0.4 is 0 Å². The zero-order chi connectivity index (χ0) is 9.56. The molecule has 0 aliphatic heterocycles. The van der Waals surface area contributed by atoms with Gasteiger partial charge in [0.2, 0.25) is 5.78 Å². The molecule has 0 aliphatic rings. The molecule has 0 N–H and O–H groups in total. The number of rotatable bonds is 5. The van der Waals surface area contributed by atoms with E-state index < -0.39 is 24.6 Å². The molecule has 0 bridgehead atoms. The molecule has 12 heavy (non-hydrogen) atoms. The zero-order valence-electron chi connectivity index (χ0n) is 6.68. The first-order valence-corrected chi connectivity index (χ1v) is 3.52. The van der Waals surface area contributed by atoms with Crippen LogP contribution in [0.5, 0.6) is 0 Å². The van der Waals surface area contributed by atoms with Crippen molar-refractivity contribution >= 4 is 11.8 Å². The molecule has 0 amide bonds. The van der Waals surface area contributed by atoms with Gasteiger partial charge in [0.15, 0.2) is 6.67 Å². The number of ether oxygens (including phenoxy) is 1. The summed E-state index contributed by atoms with van der Waals surface area (Å²) >= 11 is 0. The van der Waals surface area contributed by atoms with Gasteiger partial charge in [0.05, 0.1) is 6.61 Å². The van der Waals surface area contributed by atoms with Crippen LogP contribution in [0.15, 0.2) is 0 Å². The fraction of sp³-hybridized carbons (Fsp3) is 0.714. The van der Waals surface area contributed by atoms with Crippen molar-refractivity contribution in [2.75, 3.05) is 13.3 Å². The first-order valence-electron chi connectivity index (χ1n) is 3.52. The number of halogens is 2. The van der Waals surface area contributed by atoms with E-state index in [0.29, 0.717) is 6.42 Å². The van der Waals surface area contributed by atoms with Crippen LogP contribution in [0.2, 0.25) is 0 Å². The average molecular weight is 180 g/mol. The summed E-state index contributed by atoms with van der Waals surface area (Å²) in [5, 5.41) is 0. The van der Waals surface area contributed by atoms with Crippen molar-refractivity contribution in [1.29, 1.82) is 0 Å². The molecule has 70 valence electrons. The largest absolute Gasteiger partial charge is 0.463 e. The quantitative estimate of drug-likeness (QED) is 0.464. The molecule has 0 fully saturated rings. The van der Waals surface area contributed by atoms with E-state index in [9.17, 15) is 18.4 Å². The number of alkyl halides is 2. The molecule has 0 aromatic heterocycles. The number of ketones is 1. The molecular formula is C7H10F2O3. The molecule has 0 aromatic carbocycles. The fourth-order valence-corrected chi connectivity index (χ4v) is 0.475. The predicted octanol–water partition coefficient (Wildman–Crippen LogP) is 0.816. The Morgan fingerprint density at radius 1 is 1.50 bits per heavy atom. The number of hydrogen-bond acceptors (Lipinski definition) is 3. The summed E-state index contributed by atoms with van der Waals surface area (Å²) in [5.74, 6) is -2.70. The highest BCUT2D eigenvalue weighted by molar-refractivity contribution is 6.02. The van der Waals surface area contributed by atoms with Gasteiger partial charge in [-0.3, -0.25) is 4.79 Å². The molecule has 0 rings (SSSR count).